The van der Waals surface area contributed by atoms with Gasteiger partial charge in [-0.1, -0.05) is 0 Å². The molecule has 1 aromatic rings. The Labute approximate surface area is 159 Å². The number of carbonyl (C=O) groups is 1. The second kappa shape index (κ2) is 9.66. The van der Waals surface area contributed by atoms with Crippen molar-refractivity contribution >= 4 is 17.6 Å². The fourth-order valence-corrected chi connectivity index (χ4v) is 3.48. The van der Waals surface area contributed by atoms with Crippen LogP contribution in [0.2, 0.25) is 0 Å². The highest BCUT2D eigenvalue weighted by molar-refractivity contribution is 5.94. The van der Waals surface area contributed by atoms with E-state index in [2.05, 4.69) is 25.4 Å². The number of benzene rings is 1. The zero-order chi connectivity index (χ0) is 19.1. The number of aliphatic imine (C=N–C) groups is 1. The maximum atomic E-state index is 12.9. The minimum absolute atomic E-state index is 0.0262. The number of morpholine rings is 1. The van der Waals surface area contributed by atoms with Crippen molar-refractivity contribution in [2.24, 2.45) is 4.99 Å². The van der Waals surface area contributed by atoms with E-state index in [0.717, 1.165) is 58.3 Å². The number of carbonyl (C=O) groups excluding carboxylic acids is 1. The van der Waals surface area contributed by atoms with Gasteiger partial charge in [-0.25, -0.2) is 9.38 Å². The lowest BCUT2D eigenvalue weighted by molar-refractivity contribution is -0.114. The maximum Gasteiger partial charge on any atom is 0.246 e. The molecule has 7 nitrogen and oxygen atoms in total. The molecule has 2 heterocycles. The highest BCUT2D eigenvalue weighted by Crippen LogP contribution is 2.17. The van der Waals surface area contributed by atoms with Crippen molar-refractivity contribution in [1.29, 1.82) is 0 Å². The molecule has 0 aromatic heterocycles. The number of nitrogens with zero attached hydrogens (tertiary/aromatic N) is 3. The minimum atomic E-state index is -0.329. The van der Waals surface area contributed by atoms with Gasteiger partial charge in [-0.15, -0.1) is 0 Å². The van der Waals surface area contributed by atoms with E-state index in [1.165, 1.54) is 24.3 Å². The Morgan fingerprint density at radius 2 is 2.00 bits per heavy atom. The van der Waals surface area contributed by atoms with Crippen LogP contribution >= 0.6 is 0 Å². The summed E-state index contributed by atoms with van der Waals surface area (Å²) in [5.41, 5.74) is 0.565. The van der Waals surface area contributed by atoms with Gasteiger partial charge in [0.2, 0.25) is 5.91 Å². The number of hydrogen-bond acceptors (Lipinski definition) is 4. The largest absolute Gasteiger partial charge is 0.379 e. The third-order valence-corrected chi connectivity index (χ3v) is 4.86. The molecule has 1 unspecified atom stereocenters. The quantitative estimate of drug-likeness (QED) is 0.595. The Kier molecular flexibility index (Phi) is 7.00. The van der Waals surface area contributed by atoms with E-state index >= 15 is 0 Å². The lowest BCUT2D eigenvalue weighted by Gasteiger charge is -2.32. The van der Waals surface area contributed by atoms with Crippen molar-refractivity contribution in [3.63, 3.8) is 0 Å². The van der Waals surface area contributed by atoms with Gasteiger partial charge in [0, 0.05) is 44.5 Å². The van der Waals surface area contributed by atoms with Gasteiger partial charge in [-0.2, -0.15) is 0 Å². The van der Waals surface area contributed by atoms with Crippen molar-refractivity contribution in [3.05, 3.63) is 30.1 Å². The molecule has 0 spiro atoms. The number of ether oxygens (including phenoxy) is 1. The average Bonchev–Trinajstić information content (AvgIpc) is 3.18. The lowest BCUT2D eigenvalue weighted by Crippen LogP contribution is -2.46. The number of likely N-dealkylation sites (tertiary alicyclic amines) is 1. The molecule has 2 N–H and O–H groups in total. The average molecular weight is 377 g/mol. The van der Waals surface area contributed by atoms with Gasteiger partial charge in [-0.05, 0) is 37.6 Å². The molecule has 1 aromatic carbocycles. The number of hydrogen-bond donors (Lipinski definition) is 2. The number of guanidine groups is 1. The minimum Gasteiger partial charge on any atom is -0.379 e. The first-order valence-electron chi connectivity index (χ1n) is 9.56. The molecule has 2 fully saturated rings. The first kappa shape index (κ1) is 19.6. The summed E-state index contributed by atoms with van der Waals surface area (Å²) in [7, 11) is 0. The first-order chi connectivity index (χ1) is 13.2. The first-order valence-corrected chi connectivity index (χ1v) is 9.56. The molecule has 1 amide bonds. The Bertz CT molecular complexity index is 646. The second-order valence-electron chi connectivity index (χ2n) is 6.76. The zero-order valence-corrected chi connectivity index (χ0v) is 15.8. The summed E-state index contributed by atoms with van der Waals surface area (Å²) in [5.74, 6) is 0.216. The van der Waals surface area contributed by atoms with E-state index in [9.17, 15) is 9.18 Å². The fraction of sp³-hybridized carbons (Fsp3) is 0.579. The molecule has 2 aliphatic heterocycles. The second-order valence-corrected chi connectivity index (χ2v) is 6.76. The summed E-state index contributed by atoms with van der Waals surface area (Å²) in [5, 5.41) is 6.01. The number of nitrogens with one attached hydrogen (secondary N) is 2. The van der Waals surface area contributed by atoms with E-state index in [1.807, 2.05) is 6.92 Å². The van der Waals surface area contributed by atoms with E-state index < -0.39 is 0 Å². The Balaban J connectivity index is 1.54. The SMILES string of the molecule is CCNC(=NCC(=O)Nc1ccc(F)cc1)N1CCC(N2CCOCC2)C1. The predicted octanol–water partition coefficient (Wildman–Crippen LogP) is 1.14. The molecule has 27 heavy (non-hydrogen) atoms. The highest BCUT2D eigenvalue weighted by atomic mass is 19.1. The maximum absolute atomic E-state index is 12.9. The Hall–Kier alpha value is -2.19. The van der Waals surface area contributed by atoms with Crippen molar-refractivity contribution in [2.75, 3.05) is 57.8 Å². The molecule has 8 heteroatoms. The third kappa shape index (κ3) is 5.64. The van der Waals surface area contributed by atoms with Crippen LogP contribution in [0.5, 0.6) is 0 Å². The summed E-state index contributed by atoms with van der Waals surface area (Å²) in [4.78, 5) is 21.3. The van der Waals surface area contributed by atoms with Gasteiger partial charge in [0.25, 0.3) is 0 Å². The molecule has 148 valence electrons. The van der Waals surface area contributed by atoms with Crippen LogP contribution in [0.1, 0.15) is 13.3 Å². The third-order valence-electron chi connectivity index (χ3n) is 4.86. The van der Waals surface area contributed by atoms with Gasteiger partial charge in [0.1, 0.15) is 12.4 Å². The Morgan fingerprint density at radius 1 is 1.26 bits per heavy atom. The molecule has 0 radical (unpaired) electrons. The van der Waals surface area contributed by atoms with Gasteiger partial charge < -0.3 is 20.3 Å². The van der Waals surface area contributed by atoms with E-state index in [1.54, 1.807) is 0 Å². The standard InChI is InChI=1S/C19H28FN5O2/c1-2-21-19(22-13-18(26)23-16-5-3-15(20)4-6-16)25-8-7-17(14-25)24-9-11-27-12-10-24/h3-6,17H,2,7-14H2,1H3,(H,21,22)(H,23,26). The molecule has 0 bridgehead atoms. The van der Waals surface area contributed by atoms with Gasteiger partial charge in [0.05, 0.1) is 13.2 Å². The van der Waals surface area contributed by atoms with Gasteiger partial charge in [-0.3, -0.25) is 9.69 Å². The van der Waals surface area contributed by atoms with Crippen LogP contribution in [-0.2, 0) is 9.53 Å². The summed E-state index contributed by atoms with van der Waals surface area (Å²) >= 11 is 0. The van der Waals surface area contributed by atoms with E-state index in [-0.39, 0.29) is 18.3 Å². The molecule has 2 saturated heterocycles. The lowest BCUT2D eigenvalue weighted by atomic mass is 10.2. The molecule has 0 aliphatic carbocycles. The summed E-state index contributed by atoms with van der Waals surface area (Å²) < 4.78 is 18.4. The van der Waals surface area contributed by atoms with Crippen molar-refractivity contribution < 1.29 is 13.9 Å². The molecule has 1 atom stereocenters. The van der Waals surface area contributed by atoms with E-state index in [4.69, 9.17) is 4.74 Å². The Morgan fingerprint density at radius 3 is 2.70 bits per heavy atom. The number of halogens is 1. The number of anilines is 1. The smallest absolute Gasteiger partial charge is 0.246 e. The van der Waals surface area contributed by atoms with Gasteiger partial charge in [0.15, 0.2) is 5.96 Å². The monoisotopic (exact) mass is 377 g/mol. The van der Waals surface area contributed by atoms with Crippen LogP contribution in [0.3, 0.4) is 0 Å². The van der Waals surface area contributed by atoms with Crippen LogP contribution in [0.25, 0.3) is 0 Å². The van der Waals surface area contributed by atoms with Crippen LogP contribution < -0.4 is 10.6 Å². The normalized spacial score (nSPS) is 21.3. The van der Waals surface area contributed by atoms with Crippen molar-refractivity contribution in [3.8, 4) is 0 Å². The van der Waals surface area contributed by atoms with Crippen LogP contribution in [0.4, 0.5) is 10.1 Å². The van der Waals surface area contributed by atoms with Crippen LogP contribution in [0.15, 0.2) is 29.3 Å². The molecule has 2 aliphatic rings. The number of amides is 1. The van der Waals surface area contributed by atoms with Gasteiger partial charge >= 0.3 is 0 Å². The predicted molar refractivity (Wildman–Crippen MR) is 103 cm³/mol. The summed E-state index contributed by atoms with van der Waals surface area (Å²) in [6.45, 7) is 8.18. The number of rotatable bonds is 5. The molecular formula is C19H28FN5O2. The summed E-state index contributed by atoms with van der Waals surface area (Å²) in [6, 6.07) is 6.22. The molecule has 3 rings (SSSR count). The fourth-order valence-electron chi connectivity index (χ4n) is 3.48. The molecular weight excluding hydrogens is 349 g/mol. The molecule has 0 saturated carbocycles. The van der Waals surface area contributed by atoms with Crippen LogP contribution in [0, 0.1) is 5.82 Å². The zero-order valence-electron chi connectivity index (χ0n) is 15.8. The highest BCUT2D eigenvalue weighted by Gasteiger charge is 2.30. The topological polar surface area (TPSA) is 69.2 Å². The van der Waals surface area contributed by atoms with Crippen LogP contribution in [-0.4, -0.2) is 80.2 Å². The van der Waals surface area contributed by atoms with E-state index in [0.29, 0.717) is 11.7 Å². The van der Waals surface area contributed by atoms with Crippen molar-refractivity contribution in [1.82, 2.24) is 15.1 Å². The summed E-state index contributed by atoms with van der Waals surface area (Å²) in [6.07, 6.45) is 1.09. The van der Waals surface area contributed by atoms with Crippen molar-refractivity contribution in [2.45, 2.75) is 19.4 Å².